The smallest absolute Gasteiger partial charge is 0.263 e. The maximum absolute atomic E-state index is 13.1. The molecule has 6 heteroatoms. The molecule has 0 aliphatic heterocycles. The number of aryl methyl sites for hydroxylation is 1. The van der Waals surface area contributed by atoms with Crippen LogP contribution in [0.4, 0.5) is 4.39 Å². The van der Waals surface area contributed by atoms with Crippen LogP contribution in [0.1, 0.15) is 18.4 Å². The summed E-state index contributed by atoms with van der Waals surface area (Å²) in [4.78, 5) is 13.7. The molecule has 0 unspecified atom stereocenters. The lowest BCUT2D eigenvalue weighted by Gasteiger charge is -2.21. The van der Waals surface area contributed by atoms with E-state index in [1.54, 1.807) is 33.0 Å². The summed E-state index contributed by atoms with van der Waals surface area (Å²) in [6.45, 7) is 3.73. The predicted molar refractivity (Wildman–Crippen MR) is 74.2 cm³/mol. The quantitative estimate of drug-likeness (QED) is 0.850. The Kier molecular flexibility index (Phi) is 4.57. The molecule has 0 saturated carbocycles. The van der Waals surface area contributed by atoms with Gasteiger partial charge >= 0.3 is 0 Å². The molecule has 112 valence electrons. The van der Waals surface area contributed by atoms with Crippen molar-refractivity contribution in [1.29, 1.82) is 0 Å². The number of hydrogen-bond donors (Lipinski definition) is 0. The molecular formula is C15H17FN2O3. The molecule has 1 atom stereocenters. The molecule has 1 heterocycles. The monoisotopic (exact) mass is 292 g/mol. The van der Waals surface area contributed by atoms with Gasteiger partial charge in [0, 0.05) is 19.2 Å². The van der Waals surface area contributed by atoms with E-state index in [2.05, 4.69) is 5.16 Å². The number of carbonyl (C=O) groups is 1. The van der Waals surface area contributed by atoms with Crippen molar-refractivity contribution in [1.82, 2.24) is 10.1 Å². The summed E-state index contributed by atoms with van der Waals surface area (Å²) in [5.74, 6) is 0.384. The first kappa shape index (κ1) is 15.0. The number of amides is 1. The Bertz CT molecular complexity index is 627. The van der Waals surface area contributed by atoms with Crippen molar-refractivity contribution in [3.05, 3.63) is 47.6 Å². The number of aromatic nitrogens is 1. The van der Waals surface area contributed by atoms with E-state index >= 15 is 0 Å². The average Bonchev–Trinajstić information content (AvgIpc) is 2.83. The largest absolute Gasteiger partial charge is 0.481 e. The molecule has 0 aliphatic carbocycles. The first-order valence-corrected chi connectivity index (χ1v) is 6.55. The van der Waals surface area contributed by atoms with Crippen molar-refractivity contribution in [2.45, 2.75) is 26.5 Å². The predicted octanol–water partition coefficient (Wildman–Crippen LogP) is 2.55. The van der Waals surface area contributed by atoms with Gasteiger partial charge in [-0.1, -0.05) is 11.2 Å². The lowest BCUT2D eigenvalue weighted by atomic mass is 10.3. The standard InChI is InChI=1S/C15H17FN2O3/c1-10-7-13(17-21-10)9-18(3)15(19)11(2)20-14-6-4-5-12(16)8-14/h4-8,11H,9H2,1-3H3/t11-/m1/s1. The average molecular weight is 292 g/mol. The molecule has 2 aromatic rings. The molecule has 0 aliphatic rings. The zero-order chi connectivity index (χ0) is 15.4. The Balaban J connectivity index is 1.95. The van der Waals surface area contributed by atoms with Crippen LogP contribution in [-0.2, 0) is 11.3 Å². The Labute approximate surface area is 122 Å². The van der Waals surface area contributed by atoms with E-state index in [1.165, 1.54) is 23.1 Å². The zero-order valence-electron chi connectivity index (χ0n) is 12.2. The molecule has 0 fully saturated rings. The van der Waals surface area contributed by atoms with E-state index < -0.39 is 11.9 Å². The Morgan fingerprint density at radius 2 is 2.24 bits per heavy atom. The van der Waals surface area contributed by atoms with Gasteiger partial charge in [-0.15, -0.1) is 0 Å². The fourth-order valence-electron chi connectivity index (χ4n) is 1.92. The summed E-state index contributed by atoms with van der Waals surface area (Å²) in [6, 6.07) is 7.46. The van der Waals surface area contributed by atoms with Crippen LogP contribution in [0.3, 0.4) is 0 Å². The molecule has 21 heavy (non-hydrogen) atoms. The van der Waals surface area contributed by atoms with Crippen molar-refractivity contribution in [3.63, 3.8) is 0 Å². The number of ether oxygens (including phenoxy) is 1. The van der Waals surface area contributed by atoms with Crippen LogP contribution in [0.15, 0.2) is 34.9 Å². The summed E-state index contributed by atoms with van der Waals surface area (Å²) in [5.41, 5.74) is 0.668. The van der Waals surface area contributed by atoms with Crippen molar-refractivity contribution >= 4 is 5.91 Å². The summed E-state index contributed by atoms with van der Waals surface area (Å²) < 4.78 is 23.5. The highest BCUT2D eigenvalue weighted by Gasteiger charge is 2.20. The number of nitrogens with zero attached hydrogens (tertiary/aromatic N) is 2. The van der Waals surface area contributed by atoms with E-state index in [1.807, 2.05) is 0 Å². The number of benzene rings is 1. The van der Waals surface area contributed by atoms with Crippen LogP contribution in [0.25, 0.3) is 0 Å². The molecule has 1 amide bonds. The minimum atomic E-state index is -0.718. The summed E-state index contributed by atoms with van der Waals surface area (Å²) in [6.07, 6.45) is -0.718. The van der Waals surface area contributed by atoms with Gasteiger partial charge in [0.2, 0.25) is 0 Å². The molecule has 0 N–H and O–H groups in total. The molecule has 0 spiro atoms. The van der Waals surface area contributed by atoms with Crippen molar-refractivity contribution in [2.24, 2.45) is 0 Å². The SMILES string of the molecule is Cc1cc(CN(C)C(=O)[C@@H](C)Oc2cccc(F)c2)no1. The van der Waals surface area contributed by atoms with Gasteiger partial charge in [-0.25, -0.2) is 4.39 Å². The molecule has 0 radical (unpaired) electrons. The van der Waals surface area contributed by atoms with Crippen LogP contribution in [0.2, 0.25) is 0 Å². The topological polar surface area (TPSA) is 55.6 Å². The van der Waals surface area contributed by atoms with Crippen LogP contribution < -0.4 is 4.74 Å². The second kappa shape index (κ2) is 6.39. The minimum Gasteiger partial charge on any atom is -0.481 e. The van der Waals surface area contributed by atoms with Crippen molar-refractivity contribution in [3.8, 4) is 5.75 Å². The van der Waals surface area contributed by atoms with E-state index in [9.17, 15) is 9.18 Å². The number of carbonyl (C=O) groups excluding carboxylic acids is 1. The molecule has 1 aromatic heterocycles. The van der Waals surface area contributed by atoms with Gasteiger partial charge in [0.25, 0.3) is 5.91 Å². The molecule has 0 saturated heterocycles. The van der Waals surface area contributed by atoms with E-state index in [4.69, 9.17) is 9.26 Å². The number of halogens is 1. The van der Waals surface area contributed by atoms with Gasteiger partial charge in [0.1, 0.15) is 23.0 Å². The first-order chi connectivity index (χ1) is 9.95. The molecule has 1 aromatic carbocycles. The van der Waals surface area contributed by atoms with E-state index in [-0.39, 0.29) is 5.91 Å². The van der Waals surface area contributed by atoms with Crippen LogP contribution in [-0.4, -0.2) is 29.1 Å². The fourth-order valence-corrected chi connectivity index (χ4v) is 1.92. The molecule has 5 nitrogen and oxygen atoms in total. The first-order valence-electron chi connectivity index (χ1n) is 6.55. The van der Waals surface area contributed by atoms with Gasteiger partial charge in [0.05, 0.1) is 6.54 Å². The Morgan fingerprint density at radius 3 is 2.86 bits per heavy atom. The lowest BCUT2D eigenvalue weighted by Crippen LogP contribution is -2.37. The van der Waals surface area contributed by atoms with Crippen LogP contribution in [0, 0.1) is 12.7 Å². The Morgan fingerprint density at radius 1 is 1.48 bits per heavy atom. The van der Waals surface area contributed by atoms with E-state index in [0.29, 0.717) is 23.7 Å². The highest BCUT2D eigenvalue weighted by molar-refractivity contribution is 5.80. The van der Waals surface area contributed by atoms with Gasteiger partial charge < -0.3 is 14.2 Å². The third-order valence-electron chi connectivity index (χ3n) is 2.91. The molecule has 0 bridgehead atoms. The van der Waals surface area contributed by atoms with Crippen molar-refractivity contribution < 1.29 is 18.4 Å². The van der Waals surface area contributed by atoms with Gasteiger partial charge in [-0.3, -0.25) is 4.79 Å². The van der Waals surface area contributed by atoms with Gasteiger partial charge in [-0.2, -0.15) is 0 Å². The number of rotatable bonds is 5. The number of hydrogen-bond acceptors (Lipinski definition) is 4. The summed E-state index contributed by atoms with van der Waals surface area (Å²) in [5, 5.41) is 3.83. The van der Waals surface area contributed by atoms with Crippen LogP contribution >= 0.6 is 0 Å². The fraction of sp³-hybridized carbons (Fsp3) is 0.333. The highest BCUT2D eigenvalue weighted by atomic mass is 19.1. The third-order valence-corrected chi connectivity index (χ3v) is 2.91. The van der Waals surface area contributed by atoms with Gasteiger partial charge in [-0.05, 0) is 26.0 Å². The maximum Gasteiger partial charge on any atom is 0.263 e. The van der Waals surface area contributed by atoms with E-state index in [0.717, 1.165) is 0 Å². The summed E-state index contributed by atoms with van der Waals surface area (Å²) in [7, 11) is 1.65. The molecule has 2 rings (SSSR count). The molecular weight excluding hydrogens is 275 g/mol. The lowest BCUT2D eigenvalue weighted by molar-refractivity contribution is -0.137. The third kappa shape index (κ3) is 4.05. The van der Waals surface area contributed by atoms with Gasteiger partial charge in [0.15, 0.2) is 6.10 Å². The van der Waals surface area contributed by atoms with Crippen molar-refractivity contribution in [2.75, 3.05) is 7.05 Å². The zero-order valence-corrected chi connectivity index (χ0v) is 12.2. The Hall–Kier alpha value is -2.37. The maximum atomic E-state index is 13.1. The van der Waals surface area contributed by atoms with Crippen LogP contribution in [0.5, 0.6) is 5.75 Å². The summed E-state index contributed by atoms with van der Waals surface area (Å²) >= 11 is 0. The number of likely N-dealkylation sites (N-methyl/N-ethyl adjacent to an activating group) is 1. The normalized spacial score (nSPS) is 12.0. The second-order valence-corrected chi connectivity index (χ2v) is 4.84. The highest BCUT2D eigenvalue weighted by Crippen LogP contribution is 2.15. The second-order valence-electron chi connectivity index (χ2n) is 4.84. The minimum absolute atomic E-state index is 0.222.